The maximum Gasteiger partial charge on any atom is 0.274 e. The van der Waals surface area contributed by atoms with Crippen molar-refractivity contribution < 1.29 is 19.2 Å². The van der Waals surface area contributed by atoms with Crippen LogP contribution < -0.4 is 5.48 Å². The molecule has 0 bridgehead atoms. The maximum atomic E-state index is 14.0. The first-order valence-electron chi connectivity index (χ1n) is 6.84. The summed E-state index contributed by atoms with van der Waals surface area (Å²) in [6.45, 7) is 0. The lowest BCUT2D eigenvalue weighted by molar-refractivity contribution is 0.0705. The first kappa shape index (κ1) is 19.0. The summed E-state index contributed by atoms with van der Waals surface area (Å²) in [5.74, 6) is -1.97. The maximum absolute atomic E-state index is 14.0. The van der Waals surface area contributed by atoms with Crippen LogP contribution in [0.4, 0.5) is 4.39 Å². The van der Waals surface area contributed by atoms with Gasteiger partial charge in [0.05, 0.1) is 11.8 Å². The van der Waals surface area contributed by atoms with E-state index in [0.29, 0.717) is 15.1 Å². The number of hydrogen-bond acceptors (Lipinski definition) is 4. The van der Waals surface area contributed by atoms with Crippen LogP contribution in [0.3, 0.4) is 0 Å². The van der Waals surface area contributed by atoms with Crippen LogP contribution in [0.5, 0.6) is 0 Å². The Hall–Kier alpha value is -2.29. The molecule has 0 radical (unpaired) electrons. The van der Waals surface area contributed by atoms with Gasteiger partial charge in [0.2, 0.25) is 0 Å². The summed E-state index contributed by atoms with van der Waals surface area (Å²) >= 11 is 9.08. The van der Waals surface area contributed by atoms with E-state index in [2.05, 4.69) is 21.0 Å². The zero-order valence-corrected chi connectivity index (χ0v) is 15.2. The van der Waals surface area contributed by atoms with Crippen LogP contribution >= 0.6 is 27.5 Å². The number of hydrogen-bond donors (Lipinski definition) is 2. The summed E-state index contributed by atoms with van der Waals surface area (Å²) in [7, 11) is 1.42. The molecule has 6 nitrogen and oxygen atoms in total. The second-order valence-corrected chi connectivity index (χ2v) is 6.17. The first-order valence-corrected chi connectivity index (χ1v) is 8.01. The Morgan fingerprint density at radius 1 is 1.32 bits per heavy atom. The van der Waals surface area contributed by atoms with E-state index in [1.54, 1.807) is 18.2 Å². The van der Waals surface area contributed by atoms with Crippen molar-refractivity contribution >= 4 is 45.6 Å². The number of amides is 2. The molecular weight excluding hydrogens is 417 g/mol. The number of rotatable bonds is 4. The minimum absolute atomic E-state index is 0.0494. The summed E-state index contributed by atoms with van der Waals surface area (Å²) in [5.41, 5.74) is 1.79. The summed E-state index contributed by atoms with van der Waals surface area (Å²) in [5, 5.41) is 14.0. The van der Waals surface area contributed by atoms with E-state index < -0.39 is 17.6 Å². The van der Waals surface area contributed by atoms with E-state index >= 15 is 0 Å². The van der Waals surface area contributed by atoms with Crippen molar-refractivity contribution in [2.45, 2.75) is 0 Å². The molecule has 130 valence electrons. The van der Waals surface area contributed by atoms with Gasteiger partial charge in [0.15, 0.2) is 0 Å². The smallest absolute Gasteiger partial charge is 0.274 e. The molecule has 0 aliphatic rings. The molecule has 9 heteroatoms. The third-order valence-electron chi connectivity index (χ3n) is 3.19. The first-order chi connectivity index (χ1) is 11.8. The summed E-state index contributed by atoms with van der Waals surface area (Å²) < 4.78 is 14.5. The van der Waals surface area contributed by atoms with E-state index in [0.717, 1.165) is 17.3 Å². The number of benzene rings is 2. The molecule has 0 saturated heterocycles. The highest BCUT2D eigenvalue weighted by atomic mass is 79.9. The summed E-state index contributed by atoms with van der Waals surface area (Å²) in [6, 6.07) is 8.26. The number of hydrazone groups is 1. The van der Waals surface area contributed by atoms with Crippen LogP contribution in [0.1, 0.15) is 26.3 Å². The Morgan fingerprint density at radius 3 is 2.64 bits per heavy atom. The topological polar surface area (TPSA) is 82.0 Å². The Bertz CT molecular complexity index is 861. The highest BCUT2D eigenvalue weighted by molar-refractivity contribution is 9.10. The monoisotopic (exact) mass is 427 g/mol. The fourth-order valence-electron chi connectivity index (χ4n) is 1.88. The van der Waals surface area contributed by atoms with Crippen molar-refractivity contribution in [1.29, 1.82) is 0 Å². The second-order valence-electron chi connectivity index (χ2n) is 4.87. The molecule has 0 aliphatic heterocycles. The summed E-state index contributed by atoms with van der Waals surface area (Å²) in [6.07, 6.45) is 1.15. The number of carbonyl (C=O) groups excluding carboxylic acids is 2. The zero-order valence-electron chi connectivity index (χ0n) is 12.8. The van der Waals surface area contributed by atoms with Gasteiger partial charge >= 0.3 is 0 Å². The van der Waals surface area contributed by atoms with Gasteiger partial charge in [-0.25, -0.2) is 14.9 Å². The van der Waals surface area contributed by atoms with Gasteiger partial charge in [-0.3, -0.25) is 14.8 Å². The van der Waals surface area contributed by atoms with Crippen molar-refractivity contribution in [3.8, 4) is 0 Å². The molecule has 0 aromatic heterocycles. The molecular formula is C16H12BrClFN3O3. The van der Waals surface area contributed by atoms with Crippen LogP contribution in [0.25, 0.3) is 0 Å². The number of nitrogens with zero attached hydrogens (tertiary/aromatic N) is 2. The van der Waals surface area contributed by atoms with Crippen LogP contribution in [-0.4, -0.2) is 35.3 Å². The van der Waals surface area contributed by atoms with Gasteiger partial charge in [-0.15, -0.1) is 0 Å². The van der Waals surface area contributed by atoms with Crippen molar-refractivity contribution in [1.82, 2.24) is 10.5 Å². The lowest BCUT2D eigenvalue weighted by Crippen LogP contribution is -2.22. The van der Waals surface area contributed by atoms with Crippen LogP contribution in [-0.2, 0) is 0 Å². The molecule has 0 aliphatic carbocycles. The number of hydroxylamine groups is 1. The van der Waals surface area contributed by atoms with Gasteiger partial charge in [0.25, 0.3) is 11.8 Å². The van der Waals surface area contributed by atoms with Crippen molar-refractivity contribution in [2.24, 2.45) is 5.10 Å². The largest absolute Gasteiger partial charge is 0.288 e. The Balaban J connectivity index is 2.18. The van der Waals surface area contributed by atoms with E-state index in [1.165, 1.54) is 24.7 Å². The second kappa shape index (κ2) is 8.19. The average Bonchev–Trinajstić information content (AvgIpc) is 2.59. The number of carbonyl (C=O) groups is 2. The molecule has 2 aromatic rings. The van der Waals surface area contributed by atoms with E-state index in [1.807, 2.05) is 0 Å². The van der Waals surface area contributed by atoms with Gasteiger partial charge < -0.3 is 0 Å². The minimum Gasteiger partial charge on any atom is -0.288 e. The Kier molecular flexibility index (Phi) is 6.24. The van der Waals surface area contributed by atoms with Crippen LogP contribution in [0.2, 0.25) is 5.02 Å². The predicted molar refractivity (Wildman–Crippen MR) is 94.5 cm³/mol. The molecule has 2 aromatic carbocycles. The van der Waals surface area contributed by atoms with Crippen LogP contribution in [0.15, 0.2) is 46.0 Å². The van der Waals surface area contributed by atoms with E-state index in [4.69, 9.17) is 16.8 Å². The fourth-order valence-corrected chi connectivity index (χ4v) is 2.73. The molecule has 0 spiro atoms. The Morgan fingerprint density at radius 2 is 2.04 bits per heavy atom. The summed E-state index contributed by atoms with van der Waals surface area (Å²) in [4.78, 5) is 23.5. The molecule has 2 rings (SSSR count). The average molecular weight is 429 g/mol. The van der Waals surface area contributed by atoms with Gasteiger partial charge in [-0.05, 0) is 52.3 Å². The van der Waals surface area contributed by atoms with Gasteiger partial charge in [0.1, 0.15) is 5.82 Å². The van der Waals surface area contributed by atoms with E-state index in [-0.39, 0.29) is 11.1 Å². The van der Waals surface area contributed by atoms with Crippen molar-refractivity contribution in [2.75, 3.05) is 7.05 Å². The Labute approximate surface area is 156 Å². The normalized spacial score (nSPS) is 10.8. The molecule has 0 heterocycles. The highest BCUT2D eigenvalue weighted by Crippen LogP contribution is 2.22. The molecule has 25 heavy (non-hydrogen) atoms. The number of halogens is 3. The minimum atomic E-state index is -0.831. The van der Waals surface area contributed by atoms with Crippen LogP contribution in [0, 0.1) is 5.82 Å². The van der Waals surface area contributed by atoms with Crippen molar-refractivity contribution in [3.63, 3.8) is 0 Å². The van der Waals surface area contributed by atoms with Crippen molar-refractivity contribution in [3.05, 3.63) is 68.4 Å². The van der Waals surface area contributed by atoms with Gasteiger partial charge in [-0.1, -0.05) is 11.6 Å². The van der Waals surface area contributed by atoms with Gasteiger partial charge in [-0.2, -0.15) is 5.10 Å². The SMILES string of the molecule is CN(/N=C/c1ccc(C(=O)NO)cc1F)C(=O)c1ccc(Cl)cc1Br. The highest BCUT2D eigenvalue weighted by Gasteiger charge is 2.15. The quantitative estimate of drug-likeness (QED) is 0.444. The molecule has 2 amide bonds. The lowest BCUT2D eigenvalue weighted by Gasteiger charge is -2.12. The molecule has 2 N–H and O–H groups in total. The molecule has 0 saturated carbocycles. The van der Waals surface area contributed by atoms with E-state index in [9.17, 15) is 14.0 Å². The molecule has 0 atom stereocenters. The third kappa shape index (κ3) is 4.62. The molecule has 0 unspecified atom stereocenters. The zero-order chi connectivity index (χ0) is 18.6. The molecule has 0 fully saturated rings. The fraction of sp³-hybridized carbons (Fsp3) is 0.0625. The number of nitrogens with one attached hydrogen (secondary N) is 1. The standard InChI is InChI=1S/C16H12BrClFN3O3/c1-22(16(24)12-5-4-11(18)7-13(12)17)20-8-10-3-2-9(6-14(10)19)15(23)21-25/h2-8,25H,1H3,(H,21,23)/b20-8+. The lowest BCUT2D eigenvalue weighted by atomic mass is 10.1. The third-order valence-corrected chi connectivity index (χ3v) is 4.08. The predicted octanol–water partition coefficient (Wildman–Crippen LogP) is 3.47. The van der Waals surface area contributed by atoms with Gasteiger partial charge in [0, 0.05) is 27.7 Å².